The van der Waals surface area contributed by atoms with Crippen molar-refractivity contribution in [2.45, 2.75) is 53.8 Å². The fraction of sp³-hybridized carbons (Fsp3) is 1.00. The van der Waals surface area contributed by atoms with Crippen LogP contribution in [0.3, 0.4) is 0 Å². The number of hydrogen-bond acceptors (Lipinski definition) is 6. The average molecular weight is 330 g/mol. The first-order valence-electron chi connectivity index (χ1n) is 7.04. The fourth-order valence-corrected chi connectivity index (χ4v) is 3.18. The van der Waals surface area contributed by atoms with E-state index in [-0.39, 0.29) is 12.2 Å². The Labute approximate surface area is 125 Å². The second-order valence-corrected chi connectivity index (χ2v) is 6.09. The van der Waals surface area contributed by atoms with Crippen LogP contribution in [-0.4, -0.2) is 38.6 Å². The van der Waals surface area contributed by atoms with E-state index in [1.165, 1.54) is 0 Å². The van der Waals surface area contributed by atoms with Crippen LogP contribution in [0.2, 0.25) is 0 Å². The first-order chi connectivity index (χ1) is 9.58. The summed E-state index contributed by atoms with van der Waals surface area (Å²) >= 11 is 0. The minimum Gasteiger partial charge on any atom is -0.313 e. The molecule has 0 saturated heterocycles. The first kappa shape index (κ1) is 20.6. The van der Waals surface area contributed by atoms with Crippen LogP contribution in [0.15, 0.2) is 0 Å². The Morgan fingerprint density at radius 1 is 0.600 bits per heavy atom. The lowest BCUT2D eigenvalue weighted by Crippen LogP contribution is -2.24. The molecule has 0 aliphatic carbocycles. The first-order valence-corrected chi connectivity index (χ1v) is 9.23. The molecule has 122 valence electrons. The lowest BCUT2D eigenvalue weighted by atomic mass is 10.3. The Kier molecular flexibility index (Phi) is 13.7. The average Bonchev–Trinajstić information content (AvgIpc) is 2.39. The van der Waals surface area contributed by atoms with E-state index in [9.17, 15) is 0 Å². The summed E-state index contributed by atoms with van der Waals surface area (Å²) in [5.41, 5.74) is 0. The molecule has 0 aromatic heterocycles. The maximum Gasteiger partial charge on any atom is 0.332 e. The van der Waals surface area contributed by atoms with Crippen molar-refractivity contribution in [1.82, 2.24) is 0 Å². The van der Waals surface area contributed by atoms with Gasteiger partial charge in [0.15, 0.2) is 0 Å². The third-order valence-corrected chi connectivity index (χ3v) is 4.99. The van der Waals surface area contributed by atoms with E-state index in [2.05, 4.69) is 0 Å². The van der Waals surface area contributed by atoms with Gasteiger partial charge in [-0.25, -0.2) is 0 Å². The van der Waals surface area contributed by atoms with Gasteiger partial charge in [0.05, 0.1) is 38.6 Å². The van der Waals surface area contributed by atoms with Crippen LogP contribution in [0.25, 0.3) is 0 Å². The van der Waals surface area contributed by atoms with Crippen LogP contribution in [0.5, 0.6) is 0 Å². The Morgan fingerprint density at radius 2 is 0.850 bits per heavy atom. The molecule has 0 aromatic carbocycles. The SMILES string of the molecule is CCOP(OCC)OC(C)C(C)OP(OCC)OCC. The normalized spacial score (nSPS) is 15.0. The van der Waals surface area contributed by atoms with Crippen molar-refractivity contribution in [1.29, 1.82) is 0 Å². The summed E-state index contributed by atoms with van der Waals surface area (Å²) in [6, 6.07) is 0. The lowest BCUT2D eigenvalue weighted by Gasteiger charge is -2.26. The highest BCUT2D eigenvalue weighted by Crippen LogP contribution is 2.45. The van der Waals surface area contributed by atoms with Gasteiger partial charge >= 0.3 is 17.2 Å². The zero-order valence-electron chi connectivity index (χ0n) is 13.3. The second-order valence-electron chi connectivity index (χ2n) is 3.74. The van der Waals surface area contributed by atoms with Crippen molar-refractivity contribution in [3.05, 3.63) is 0 Å². The summed E-state index contributed by atoms with van der Waals surface area (Å²) in [5, 5.41) is 0. The Morgan fingerprint density at radius 3 is 1.05 bits per heavy atom. The third-order valence-electron chi connectivity index (χ3n) is 2.10. The van der Waals surface area contributed by atoms with Crippen LogP contribution >= 0.6 is 17.2 Å². The minimum absolute atomic E-state index is 0.176. The lowest BCUT2D eigenvalue weighted by molar-refractivity contribution is 0.0363. The molecule has 0 aromatic rings. The molecule has 2 atom stereocenters. The molecule has 0 saturated carbocycles. The molecular weight excluding hydrogens is 302 g/mol. The zero-order chi connectivity index (χ0) is 15.4. The summed E-state index contributed by atoms with van der Waals surface area (Å²) < 4.78 is 33.1. The number of rotatable bonds is 13. The van der Waals surface area contributed by atoms with Crippen molar-refractivity contribution in [3.63, 3.8) is 0 Å². The van der Waals surface area contributed by atoms with E-state index >= 15 is 0 Å². The predicted octanol–water partition coefficient (Wildman–Crippen LogP) is 4.40. The molecule has 0 spiro atoms. The maximum absolute atomic E-state index is 5.74. The zero-order valence-corrected chi connectivity index (χ0v) is 15.1. The van der Waals surface area contributed by atoms with Gasteiger partial charge in [0.25, 0.3) is 0 Å². The number of hydrogen-bond donors (Lipinski definition) is 0. The largest absolute Gasteiger partial charge is 0.332 e. The molecule has 0 N–H and O–H groups in total. The predicted molar refractivity (Wildman–Crippen MR) is 81.4 cm³/mol. The minimum atomic E-state index is -1.33. The van der Waals surface area contributed by atoms with Crippen LogP contribution in [0, 0.1) is 0 Å². The van der Waals surface area contributed by atoms with Gasteiger partial charge in [-0.2, -0.15) is 0 Å². The van der Waals surface area contributed by atoms with Gasteiger partial charge in [0.2, 0.25) is 0 Å². The van der Waals surface area contributed by atoms with Crippen LogP contribution in [0.4, 0.5) is 0 Å². The summed E-state index contributed by atoms with van der Waals surface area (Å²) in [6.07, 6.45) is -0.352. The standard InChI is InChI=1S/C12H28O6P2/c1-7-13-19(14-8-2)17-11(5)12(6)18-20(15-9-3)16-10-4/h11-12H,7-10H2,1-6H3. The molecule has 2 unspecified atom stereocenters. The summed E-state index contributed by atoms with van der Waals surface area (Å²) in [7, 11) is -2.66. The van der Waals surface area contributed by atoms with E-state index in [1.54, 1.807) is 0 Å². The van der Waals surface area contributed by atoms with E-state index in [0.29, 0.717) is 26.4 Å². The molecule has 0 radical (unpaired) electrons. The molecule has 0 rings (SSSR count). The summed E-state index contributed by atoms with van der Waals surface area (Å²) in [5.74, 6) is 0. The Hall–Kier alpha value is 0.620. The molecule has 0 amide bonds. The van der Waals surface area contributed by atoms with Gasteiger partial charge in [-0.05, 0) is 41.5 Å². The molecule has 0 bridgehead atoms. The highest BCUT2D eigenvalue weighted by atomic mass is 31.2. The van der Waals surface area contributed by atoms with Crippen LogP contribution in [-0.2, 0) is 27.1 Å². The van der Waals surface area contributed by atoms with E-state index in [4.69, 9.17) is 27.1 Å². The topological polar surface area (TPSA) is 55.4 Å². The smallest absolute Gasteiger partial charge is 0.313 e. The Bertz CT molecular complexity index is 188. The van der Waals surface area contributed by atoms with Crippen molar-refractivity contribution >= 4 is 17.2 Å². The molecule has 6 nitrogen and oxygen atoms in total. The fourth-order valence-electron chi connectivity index (χ4n) is 1.06. The van der Waals surface area contributed by atoms with Crippen molar-refractivity contribution < 1.29 is 27.1 Å². The van der Waals surface area contributed by atoms with E-state index in [1.807, 2.05) is 41.5 Å². The third kappa shape index (κ3) is 9.54. The van der Waals surface area contributed by atoms with Gasteiger partial charge < -0.3 is 27.1 Å². The molecule has 20 heavy (non-hydrogen) atoms. The monoisotopic (exact) mass is 330 g/mol. The van der Waals surface area contributed by atoms with Crippen molar-refractivity contribution in [2.75, 3.05) is 26.4 Å². The van der Waals surface area contributed by atoms with Crippen molar-refractivity contribution in [2.24, 2.45) is 0 Å². The van der Waals surface area contributed by atoms with Gasteiger partial charge in [-0.15, -0.1) is 0 Å². The van der Waals surface area contributed by atoms with E-state index in [0.717, 1.165) is 0 Å². The second kappa shape index (κ2) is 13.3. The molecule has 0 heterocycles. The Balaban J connectivity index is 4.24. The quantitative estimate of drug-likeness (QED) is 0.467. The summed E-state index contributed by atoms with van der Waals surface area (Å²) in [6.45, 7) is 13.7. The van der Waals surface area contributed by atoms with Crippen LogP contribution in [0.1, 0.15) is 41.5 Å². The highest BCUT2D eigenvalue weighted by molar-refractivity contribution is 7.42. The van der Waals surface area contributed by atoms with Gasteiger partial charge in [0, 0.05) is 0 Å². The molecular formula is C12H28O6P2. The molecule has 8 heteroatoms. The van der Waals surface area contributed by atoms with Gasteiger partial charge in [0.1, 0.15) is 0 Å². The van der Waals surface area contributed by atoms with Gasteiger partial charge in [-0.1, -0.05) is 0 Å². The summed E-state index contributed by atoms with van der Waals surface area (Å²) in [4.78, 5) is 0. The molecule has 0 aliphatic rings. The van der Waals surface area contributed by atoms with E-state index < -0.39 is 17.2 Å². The van der Waals surface area contributed by atoms with Crippen molar-refractivity contribution in [3.8, 4) is 0 Å². The highest BCUT2D eigenvalue weighted by Gasteiger charge is 2.25. The van der Waals surface area contributed by atoms with Gasteiger partial charge in [-0.3, -0.25) is 0 Å². The molecule has 0 aliphatic heterocycles. The molecule has 0 fully saturated rings. The van der Waals surface area contributed by atoms with Crippen LogP contribution < -0.4 is 0 Å². The maximum atomic E-state index is 5.74.